The van der Waals surface area contributed by atoms with Crippen LogP contribution in [-0.2, 0) is 59.7 Å². The van der Waals surface area contributed by atoms with Crippen molar-refractivity contribution in [2.24, 2.45) is 23.7 Å². The molecule has 4 aromatic carbocycles. The van der Waals surface area contributed by atoms with Crippen molar-refractivity contribution in [3.05, 3.63) is 155 Å². The number of hydrogen-bond donors (Lipinski definition) is 1. The molecule has 0 bridgehead atoms. The first-order chi connectivity index (χ1) is 43.4. The lowest BCUT2D eigenvalue weighted by molar-refractivity contribution is -0.349. The molecule has 93 heavy (non-hydrogen) atoms. The minimum absolute atomic E-state index is 0.0324. The van der Waals surface area contributed by atoms with Crippen LogP contribution in [0.5, 0.6) is 5.06 Å². The number of carboxylic acids is 1. The highest BCUT2D eigenvalue weighted by atomic mass is 32.2. The van der Waals surface area contributed by atoms with Gasteiger partial charge in [-0.1, -0.05) is 72.8 Å². The number of aromatic nitrogens is 1. The zero-order valence-electron chi connectivity index (χ0n) is 48.4. The molecule has 498 valence electrons. The summed E-state index contributed by atoms with van der Waals surface area (Å²) in [7, 11) is -9.55. The van der Waals surface area contributed by atoms with Crippen molar-refractivity contribution >= 4 is 54.8 Å². The number of rotatable bonds is 15. The topological polar surface area (TPSA) is 185 Å². The minimum atomic E-state index is -6.48. The Balaban J connectivity index is 0.846. The largest absolute Gasteiger partial charge is 0.481 e. The molecule has 2 saturated heterocycles. The van der Waals surface area contributed by atoms with Gasteiger partial charge in [0.05, 0.1) is 21.6 Å². The van der Waals surface area contributed by atoms with Crippen LogP contribution in [0, 0.1) is 23.7 Å². The zero-order chi connectivity index (χ0) is 67.7. The summed E-state index contributed by atoms with van der Waals surface area (Å²) in [4.78, 5) is 59.4. The highest BCUT2D eigenvalue weighted by Crippen LogP contribution is 2.56. The van der Waals surface area contributed by atoms with Gasteiger partial charge in [0.25, 0.3) is 0 Å². The first-order valence-electron chi connectivity index (χ1n) is 29.0. The molecule has 4 fully saturated rings. The summed E-state index contributed by atoms with van der Waals surface area (Å²) < 4.78 is 258. The number of pyridine rings is 1. The molecular formula is C63H55F14N3O10S3. The molecule has 0 radical (unpaired) electrons. The maximum absolute atomic E-state index is 15.2. The van der Waals surface area contributed by atoms with Crippen molar-refractivity contribution in [2.45, 2.75) is 120 Å². The number of amides is 2. The van der Waals surface area contributed by atoms with E-state index < -0.39 is 155 Å². The Morgan fingerprint density at radius 3 is 1.25 bits per heavy atom. The van der Waals surface area contributed by atoms with Gasteiger partial charge < -0.3 is 19.6 Å². The second kappa shape index (κ2) is 24.7. The molecule has 4 heterocycles. The van der Waals surface area contributed by atoms with Crippen molar-refractivity contribution < 1.29 is 107 Å². The van der Waals surface area contributed by atoms with Crippen LogP contribution in [0.25, 0.3) is 22.3 Å². The second-order valence-electron chi connectivity index (χ2n) is 23.8. The van der Waals surface area contributed by atoms with Crippen molar-refractivity contribution in [1.29, 1.82) is 0 Å². The number of alkyl halides is 14. The van der Waals surface area contributed by atoms with E-state index in [1.807, 2.05) is 0 Å². The third-order valence-electron chi connectivity index (χ3n) is 18.5. The maximum Gasteiger partial charge on any atom is 0.435 e. The van der Waals surface area contributed by atoms with Crippen LogP contribution in [0.1, 0.15) is 86.5 Å². The van der Waals surface area contributed by atoms with Gasteiger partial charge in [-0.2, -0.15) is 52.7 Å². The van der Waals surface area contributed by atoms with E-state index in [2.05, 4.69) is 4.98 Å². The van der Waals surface area contributed by atoms with Crippen LogP contribution >= 0.6 is 11.3 Å². The molecule has 13 nitrogen and oxygen atoms in total. The average molecular weight is 1380 g/mol. The fraction of sp³-hybridized carbons (Fsp3) is 0.413. The number of carbonyl (C=O) groups excluding carboxylic acids is 3. The molecule has 2 unspecified atom stereocenters. The highest BCUT2D eigenvalue weighted by Gasteiger charge is 2.75. The van der Waals surface area contributed by atoms with E-state index in [1.165, 1.54) is 76.1 Å². The monoisotopic (exact) mass is 1380 g/mol. The molecule has 2 saturated carbocycles. The Morgan fingerprint density at radius 1 is 0.484 bits per heavy atom. The van der Waals surface area contributed by atoms with Crippen LogP contribution in [0.3, 0.4) is 0 Å². The summed E-state index contributed by atoms with van der Waals surface area (Å²) in [5.41, 5.74) is -14.6. The molecule has 30 heteroatoms. The van der Waals surface area contributed by atoms with Crippen LogP contribution in [0.15, 0.2) is 143 Å². The van der Waals surface area contributed by atoms with E-state index in [-0.39, 0.29) is 115 Å². The first kappa shape index (κ1) is 68.4. The van der Waals surface area contributed by atoms with Crippen LogP contribution in [0.4, 0.5) is 61.5 Å². The second-order valence-corrected chi connectivity index (χ2v) is 29.2. The van der Waals surface area contributed by atoms with Gasteiger partial charge in [-0.25, -0.2) is 25.6 Å². The molecule has 6 aromatic rings. The van der Waals surface area contributed by atoms with E-state index in [1.54, 1.807) is 18.2 Å². The normalized spacial score (nSPS) is 23.0. The van der Waals surface area contributed by atoms with Crippen molar-refractivity contribution in [1.82, 2.24) is 14.8 Å². The Morgan fingerprint density at radius 2 is 0.860 bits per heavy atom. The summed E-state index contributed by atoms with van der Waals surface area (Å²) in [5.74, 6) is -5.92. The number of nitrogens with zero attached hydrogens (tertiary/aromatic N) is 3. The molecular weight excluding hydrogens is 1320 g/mol. The predicted octanol–water partition coefficient (Wildman–Crippen LogP) is 14.2. The molecule has 1 N–H and O–H groups in total. The molecule has 2 aliphatic heterocycles. The van der Waals surface area contributed by atoms with E-state index in [9.17, 15) is 77.0 Å². The quantitative estimate of drug-likeness (QED) is 0.0762. The van der Waals surface area contributed by atoms with Crippen molar-refractivity contribution in [2.75, 3.05) is 26.2 Å². The summed E-state index contributed by atoms with van der Waals surface area (Å²) in [6.45, 7) is -1.78. The Hall–Kier alpha value is -7.47. The van der Waals surface area contributed by atoms with E-state index in [4.69, 9.17) is 4.74 Å². The first-order valence-corrected chi connectivity index (χ1v) is 32.8. The lowest BCUT2D eigenvalue weighted by atomic mass is 9.81. The number of ether oxygens (including phenoxy) is 1. The van der Waals surface area contributed by atoms with Gasteiger partial charge in [0.2, 0.25) is 11.8 Å². The Labute approximate surface area is 526 Å². The average Bonchev–Trinajstić information content (AvgIpc) is 1.71. The van der Waals surface area contributed by atoms with Gasteiger partial charge >= 0.3 is 48.0 Å². The number of aliphatic carboxylic acids is 1. The van der Waals surface area contributed by atoms with Gasteiger partial charge in [-0.3, -0.25) is 24.2 Å². The minimum Gasteiger partial charge on any atom is -0.481 e. The molecule has 10 rings (SSSR count). The van der Waals surface area contributed by atoms with Crippen molar-refractivity contribution in [3.8, 4) is 27.3 Å². The van der Waals surface area contributed by atoms with E-state index >= 15 is 25.6 Å². The number of esters is 1. The summed E-state index contributed by atoms with van der Waals surface area (Å²) in [6.07, 6.45) is -22.9. The molecule has 2 aromatic heterocycles. The fourth-order valence-electron chi connectivity index (χ4n) is 13.2. The Kier molecular flexibility index (Phi) is 18.2. The molecule has 2 atom stereocenters. The zero-order valence-corrected chi connectivity index (χ0v) is 50.8. The standard InChI is InChI=1S/C63H55F14N3O10S3/c64-58(60(66,67)68,61(69,70)71)47-19-15-45(16-20-47)56(92(86,87)49-5-1-3-42(31-49)37-23-27-78-28-24-37)25-30-80(35-56)53(82)39-9-13-41(14-10-39)55(85)90-51-33-44(34-91-51)43-4-2-6-50(32-43)93(88,89)57(26-29-79(36-57)52(81)38-7-11-40(12-8-38)54(83)84)46-17-21-48(22-18-46)59(65,62(72,73)74)63(75,76)77/h1-6,15-24,27-28,31-34,38-41H,7-14,25-26,29-30,35-36H2,(H,83,84). The van der Waals surface area contributed by atoms with E-state index in [0.29, 0.717) is 41.0 Å². The lowest BCUT2D eigenvalue weighted by Gasteiger charge is -2.33. The number of benzene rings is 4. The molecule has 0 spiro atoms. The summed E-state index contributed by atoms with van der Waals surface area (Å²) in [5, 5.41) is 11.0. The number of carboxylic acid groups (broad SMARTS) is 1. The van der Waals surface area contributed by atoms with Gasteiger partial charge in [-0.05, 0) is 134 Å². The third kappa shape index (κ3) is 12.2. The number of thiophene rings is 1. The maximum atomic E-state index is 15.2. The summed E-state index contributed by atoms with van der Waals surface area (Å²) in [6, 6.07) is 18.9. The number of likely N-dealkylation sites (tertiary alicyclic amines) is 2. The summed E-state index contributed by atoms with van der Waals surface area (Å²) >= 11 is 0.930. The van der Waals surface area contributed by atoms with Gasteiger partial charge in [-0.15, -0.1) is 11.3 Å². The van der Waals surface area contributed by atoms with Crippen molar-refractivity contribution in [3.63, 3.8) is 0 Å². The van der Waals surface area contributed by atoms with Crippen LogP contribution in [0.2, 0.25) is 0 Å². The number of carbonyl (C=O) groups is 4. The highest BCUT2D eigenvalue weighted by molar-refractivity contribution is 7.92. The number of sulfone groups is 2. The van der Waals surface area contributed by atoms with Gasteiger partial charge in [0.1, 0.15) is 9.49 Å². The van der Waals surface area contributed by atoms with E-state index in [0.717, 1.165) is 11.3 Å². The fourth-order valence-corrected chi connectivity index (χ4v) is 18.2. The number of halogens is 14. The third-order valence-corrected chi connectivity index (χ3v) is 24.3. The SMILES string of the molecule is O=C(O)C1CCC(C(=O)N2CCC(c3ccc(C(F)(C(F)(F)F)C(F)(F)F)cc3)(S(=O)(=O)c3cccc(-c4csc(OC(=O)C5CCC(C(=O)N6CCC(c7ccc(C(F)(C(F)(F)F)C(F)(F)F)cc7)(S(=O)(=O)c7cccc(-c8ccncc8)c7)C6)CC5)c4)c3)C2)CC1. The Bertz CT molecular complexity index is 4010. The van der Waals surface area contributed by atoms with Gasteiger partial charge in [0.15, 0.2) is 24.7 Å². The van der Waals surface area contributed by atoms with Gasteiger partial charge in [0, 0.05) is 73.0 Å². The van der Waals surface area contributed by atoms with Crippen LogP contribution in [-0.4, -0.2) is 111 Å². The predicted molar refractivity (Wildman–Crippen MR) is 306 cm³/mol. The molecule has 2 aliphatic carbocycles. The number of hydrogen-bond acceptors (Lipinski definition) is 11. The smallest absolute Gasteiger partial charge is 0.435 e. The molecule has 2 amide bonds. The molecule has 4 aliphatic rings. The van der Waals surface area contributed by atoms with Crippen LogP contribution < -0.4 is 4.74 Å². The lowest BCUT2D eigenvalue weighted by Crippen LogP contribution is -2.50.